The minimum atomic E-state index is -3.19. The molecule has 1 aliphatic heterocycles. The molecule has 9 heteroatoms. The number of piperidine rings is 1. The van der Waals surface area contributed by atoms with Crippen LogP contribution in [0.15, 0.2) is 18.2 Å². The summed E-state index contributed by atoms with van der Waals surface area (Å²) in [4.78, 5) is 0.742. The quantitative estimate of drug-likeness (QED) is 0.686. The Morgan fingerprint density at radius 3 is 2.77 bits per heavy atom. The summed E-state index contributed by atoms with van der Waals surface area (Å²) in [5.74, 6) is 0.767. The molecule has 0 bridgehead atoms. The predicted octanol–water partition coefficient (Wildman–Crippen LogP) is 2.61. The molecule has 1 unspecified atom stereocenters. The third-order valence-electron chi connectivity index (χ3n) is 4.85. The average molecular weight is 392 g/mol. The van der Waals surface area contributed by atoms with E-state index < -0.39 is 10.0 Å². The summed E-state index contributed by atoms with van der Waals surface area (Å²) in [5.41, 5.74) is 3.49. The van der Waals surface area contributed by atoms with Crippen LogP contribution in [0, 0.1) is 13.8 Å². The zero-order chi connectivity index (χ0) is 18.5. The van der Waals surface area contributed by atoms with Crippen molar-refractivity contribution in [3.8, 4) is 10.6 Å². The molecule has 0 aliphatic carbocycles. The maximum absolute atomic E-state index is 11.9. The number of hydrogen-bond acceptors (Lipinski definition) is 6. The summed E-state index contributed by atoms with van der Waals surface area (Å²) in [6.07, 6.45) is 2.97. The monoisotopic (exact) mass is 391 g/mol. The first-order valence-corrected chi connectivity index (χ1v) is 11.2. The van der Waals surface area contributed by atoms with E-state index in [2.05, 4.69) is 42.2 Å². The zero-order valence-corrected chi connectivity index (χ0v) is 16.6. The lowest BCUT2D eigenvalue weighted by Crippen LogP contribution is -2.38. The largest absolute Gasteiger partial charge is 0.234 e. The first-order chi connectivity index (χ1) is 12.3. The summed E-state index contributed by atoms with van der Waals surface area (Å²) in [7, 11) is -3.19. The first kappa shape index (κ1) is 17.6. The highest BCUT2D eigenvalue weighted by Crippen LogP contribution is 2.32. The predicted molar refractivity (Wildman–Crippen MR) is 102 cm³/mol. The van der Waals surface area contributed by atoms with Gasteiger partial charge in [-0.1, -0.05) is 35.1 Å². The van der Waals surface area contributed by atoms with E-state index in [1.54, 1.807) is 4.52 Å². The second-order valence-corrected chi connectivity index (χ2v) is 9.88. The van der Waals surface area contributed by atoms with Gasteiger partial charge in [-0.2, -0.15) is 9.61 Å². The van der Waals surface area contributed by atoms with Gasteiger partial charge in [0.1, 0.15) is 5.01 Å². The molecule has 0 saturated carbocycles. The molecule has 1 fully saturated rings. The third-order valence-corrected chi connectivity index (χ3v) is 7.05. The van der Waals surface area contributed by atoms with Crippen LogP contribution in [0.2, 0.25) is 0 Å². The molecule has 2 aromatic heterocycles. The molecule has 4 rings (SSSR count). The van der Waals surface area contributed by atoms with Gasteiger partial charge in [-0.05, 0) is 32.3 Å². The minimum absolute atomic E-state index is 0.0162. The van der Waals surface area contributed by atoms with Gasteiger partial charge in [-0.15, -0.1) is 10.2 Å². The minimum Gasteiger partial charge on any atom is -0.213 e. The van der Waals surface area contributed by atoms with Crippen molar-refractivity contribution in [3.63, 3.8) is 0 Å². The van der Waals surface area contributed by atoms with Crippen LogP contribution in [0.25, 0.3) is 15.5 Å². The Morgan fingerprint density at radius 1 is 1.23 bits per heavy atom. The number of rotatable bonds is 3. The van der Waals surface area contributed by atoms with E-state index in [1.807, 2.05) is 0 Å². The van der Waals surface area contributed by atoms with Gasteiger partial charge in [0.25, 0.3) is 0 Å². The SMILES string of the molecule is Cc1ccc(-c2nn3c(C4CCCN(S(C)(=O)=O)C4)nnc3s2)c(C)c1. The molecule has 1 aliphatic rings. The van der Waals surface area contributed by atoms with Gasteiger partial charge in [0, 0.05) is 24.6 Å². The molecule has 26 heavy (non-hydrogen) atoms. The zero-order valence-electron chi connectivity index (χ0n) is 15.0. The molecule has 7 nitrogen and oxygen atoms in total. The molecule has 0 N–H and O–H groups in total. The Kier molecular flexibility index (Phi) is 4.32. The van der Waals surface area contributed by atoms with Crippen LogP contribution in [0.5, 0.6) is 0 Å². The number of nitrogens with zero attached hydrogens (tertiary/aromatic N) is 5. The van der Waals surface area contributed by atoms with Crippen LogP contribution < -0.4 is 0 Å². The lowest BCUT2D eigenvalue weighted by atomic mass is 9.99. The van der Waals surface area contributed by atoms with Gasteiger partial charge in [0.2, 0.25) is 15.0 Å². The Hall–Kier alpha value is -1.84. The molecule has 3 heterocycles. The molecule has 1 atom stereocenters. The van der Waals surface area contributed by atoms with Crippen molar-refractivity contribution < 1.29 is 8.42 Å². The highest BCUT2D eigenvalue weighted by molar-refractivity contribution is 7.88. The molecule has 0 radical (unpaired) electrons. The van der Waals surface area contributed by atoms with Gasteiger partial charge >= 0.3 is 0 Å². The van der Waals surface area contributed by atoms with Gasteiger partial charge in [0.05, 0.1) is 6.26 Å². The van der Waals surface area contributed by atoms with Crippen LogP contribution in [0.1, 0.15) is 35.7 Å². The number of fused-ring (bicyclic) bond motifs is 1. The summed E-state index contributed by atoms with van der Waals surface area (Å²) in [6.45, 7) is 5.17. The molecule has 138 valence electrons. The second-order valence-electron chi connectivity index (χ2n) is 6.94. The highest BCUT2D eigenvalue weighted by atomic mass is 32.2. The van der Waals surface area contributed by atoms with E-state index in [9.17, 15) is 8.42 Å². The lowest BCUT2D eigenvalue weighted by molar-refractivity contribution is 0.309. The van der Waals surface area contributed by atoms with Crippen molar-refractivity contribution in [3.05, 3.63) is 35.2 Å². The number of benzene rings is 1. The lowest BCUT2D eigenvalue weighted by Gasteiger charge is -2.29. The fraction of sp³-hybridized carbons (Fsp3) is 0.471. The maximum atomic E-state index is 11.9. The molecule has 0 spiro atoms. The Labute approximate surface area is 156 Å². The normalized spacial score (nSPS) is 19.3. The molecule has 1 saturated heterocycles. The average Bonchev–Trinajstić information content (AvgIpc) is 3.14. The Bertz CT molecular complexity index is 1070. The van der Waals surface area contributed by atoms with E-state index in [-0.39, 0.29) is 5.92 Å². The number of sulfonamides is 1. The number of aryl methyl sites for hydroxylation is 2. The van der Waals surface area contributed by atoms with Crippen molar-refractivity contribution >= 4 is 26.3 Å². The Morgan fingerprint density at radius 2 is 2.04 bits per heavy atom. The topological polar surface area (TPSA) is 80.5 Å². The van der Waals surface area contributed by atoms with E-state index in [4.69, 9.17) is 5.10 Å². The molecule has 3 aromatic rings. The fourth-order valence-corrected chi connectivity index (χ4v) is 5.35. The smallest absolute Gasteiger partial charge is 0.213 e. The van der Waals surface area contributed by atoms with Gasteiger partial charge in [-0.25, -0.2) is 12.7 Å². The third kappa shape index (κ3) is 3.15. The van der Waals surface area contributed by atoms with Crippen LogP contribution in [0.3, 0.4) is 0 Å². The standard InChI is InChI=1S/C17H21N5O2S2/c1-11-6-7-14(12(2)9-11)16-20-22-15(18-19-17(22)25-16)13-5-4-8-21(10-13)26(3,23)24/h6-7,9,13H,4-5,8,10H2,1-3H3. The van der Waals surface area contributed by atoms with Crippen molar-refractivity contribution in [2.75, 3.05) is 19.3 Å². The molecular formula is C17H21N5O2S2. The first-order valence-electron chi connectivity index (χ1n) is 8.58. The van der Waals surface area contributed by atoms with Gasteiger partial charge in [0.15, 0.2) is 5.82 Å². The van der Waals surface area contributed by atoms with Crippen molar-refractivity contribution in [1.29, 1.82) is 0 Å². The molecule has 1 aromatic carbocycles. The van der Waals surface area contributed by atoms with Crippen LogP contribution in [-0.2, 0) is 10.0 Å². The van der Waals surface area contributed by atoms with E-state index >= 15 is 0 Å². The van der Waals surface area contributed by atoms with E-state index in [0.29, 0.717) is 13.1 Å². The van der Waals surface area contributed by atoms with Crippen molar-refractivity contribution in [2.45, 2.75) is 32.6 Å². The molecular weight excluding hydrogens is 370 g/mol. The van der Waals surface area contributed by atoms with Crippen molar-refractivity contribution in [2.24, 2.45) is 0 Å². The second kappa shape index (κ2) is 6.40. The molecule has 0 amide bonds. The number of hydrogen-bond donors (Lipinski definition) is 0. The summed E-state index contributed by atoms with van der Waals surface area (Å²) >= 11 is 1.51. The van der Waals surface area contributed by atoms with Crippen LogP contribution in [-0.4, -0.2) is 51.9 Å². The van der Waals surface area contributed by atoms with Crippen LogP contribution >= 0.6 is 11.3 Å². The van der Waals surface area contributed by atoms with Gasteiger partial charge in [-0.3, -0.25) is 0 Å². The maximum Gasteiger partial charge on any atom is 0.234 e. The summed E-state index contributed by atoms with van der Waals surface area (Å²) in [5, 5.41) is 14.2. The van der Waals surface area contributed by atoms with Crippen LogP contribution in [0.4, 0.5) is 0 Å². The van der Waals surface area contributed by atoms with Crippen molar-refractivity contribution in [1.82, 2.24) is 24.1 Å². The summed E-state index contributed by atoms with van der Waals surface area (Å²) < 4.78 is 27.1. The van der Waals surface area contributed by atoms with E-state index in [0.717, 1.165) is 34.2 Å². The van der Waals surface area contributed by atoms with Gasteiger partial charge < -0.3 is 0 Å². The Balaban J connectivity index is 1.70. The summed E-state index contributed by atoms with van der Waals surface area (Å²) in [6, 6.07) is 6.31. The fourth-order valence-electron chi connectivity index (χ4n) is 3.50. The number of aromatic nitrogens is 4. The highest BCUT2D eigenvalue weighted by Gasteiger charge is 2.30. The van der Waals surface area contributed by atoms with E-state index in [1.165, 1.54) is 33.0 Å².